The van der Waals surface area contributed by atoms with Crippen LogP contribution < -0.4 is 4.90 Å². The van der Waals surface area contributed by atoms with Gasteiger partial charge in [0.2, 0.25) is 10.0 Å². The molecule has 0 radical (unpaired) electrons. The molecule has 0 bridgehead atoms. The van der Waals surface area contributed by atoms with Crippen molar-refractivity contribution in [3.63, 3.8) is 0 Å². The molecule has 0 atom stereocenters. The molecule has 2 rings (SSSR count). The molecular weight excluding hydrogens is 330 g/mol. The summed E-state index contributed by atoms with van der Waals surface area (Å²) in [6.07, 6.45) is 0. The molecule has 1 fully saturated rings. The van der Waals surface area contributed by atoms with Crippen LogP contribution in [0.5, 0.6) is 0 Å². The molecule has 1 aromatic heterocycles. The Bertz CT molecular complexity index is 554. The van der Waals surface area contributed by atoms with Crippen LogP contribution in [0.4, 0.5) is 5.82 Å². The molecular formula is C12H18BrN3O2S. The van der Waals surface area contributed by atoms with Crippen molar-refractivity contribution in [3.8, 4) is 0 Å². The maximum absolute atomic E-state index is 11.8. The standard InChI is InChI=1S/C12H18BrN3O2S/c1-3-19(17,18)16-8-6-15(7-9-16)12-5-4-11(13)10(2)14-12/h4-5H,3,6-9H2,1-2H3. The summed E-state index contributed by atoms with van der Waals surface area (Å²) in [6.45, 7) is 6.08. The topological polar surface area (TPSA) is 53.5 Å². The average Bonchev–Trinajstić information content (AvgIpc) is 2.42. The Morgan fingerprint density at radius 1 is 1.26 bits per heavy atom. The first kappa shape index (κ1) is 14.7. The fourth-order valence-electron chi connectivity index (χ4n) is 2.08. The van der Waals surface area contributed by atoms with E-state index < -0.39 is 10.0 Å². The van der Waals surface area contributed by atoms with Gasteiger partial charge in [-0.2, -0.15) is 4.31 Å². The van der Waals surface area contributed by atoms with E-state index in [1.165, 1.54) is 0 Å². The van der Waals surface area contributed by atoms with Crippen LogP contribution in [0, 0.1) is 6.92 Å². The van der Waals surface area contributed by atoms with Gasteiger partial charge < -0.3 is 4.90 Å². The smallest absolute Gasteiger partial charge is 0.213 e. The lowest BCUT2D eigenvalue weighted by Gasteiger charge is -2.34. The van der Waals surface area contributed by atoms with Gasteiger partial charge in [0.15, 0.2) is 0 Å². The van der Waals surface area contributed by atoms with Gasteiger partial charge in [-0.25, -0.2) is 13.4 Å². The molecule has 0 saturated carbocycles. The fraction of sp³-hybridized carbons (Fsp3) is 0.583. The fourth-order valence-corrected chi connectivity index (χ4v) is 3.39. The second-order valence-corrected chi connectivity index (χ2v) is 7.64. The molecule has 1 aliphatic heterocycles. The highest BCUT2D eigenvalue weighted by Crippen LogP contribution is 2.20. The predicted octanol–water partition coefficient (Wildman–Crippen LogP) is 1.62. The minimum absolute atomic E-state index is 0.169. The first-order chi connectivity index (χ1) is 8.94. The monoisotopic (exact) mass is 347 g/mol. The van der Waals surface area contributed by atoms with E-state index >= 15 is 0 Å². The Morgan fingerprint density at radius 2 is 1.89 bits per heavy atom. The van der Waals surface area contributed by atoms with Crippen LogP contribution in [0.3, 0.4) is 0 Å². The van der Waals surface area contributed by atoms with Gasteiger partial charge in [0, 0.05) is 30.7 Å². The van der Waals surface area contributed by atoms with Crippen molar-refractivity contribution in [2.45, 2.75) is 13.8 Å². The lowest BCUT2D eigenvalue weighted by molar-refractivity contribution is 0.384. The van der Waals surface area contributed by atoms with Crippen LogP contribution in [-0.2, 0) is 10.0 Å². The predicted molar refractivity (Wildman–Crippen MR) is 79.9 cm³/mol. The zero-order chi connectivity index (χ0) is 14.0. The van der Waals surface area contributed by atoms with Crippen LogP contribution in [0.1, 0.15) is 12.6 Å². The number of hydrogen-bond acceptors (Lipinski definition) is 4. The number of nitrogens with zero attached hydrogens (tertiary/aromatic N) is 3. The first-order valence-electron chi connectivity index (χ1n) is 6.30. The van der Waals surface area contributed by atoms with E-state index in [4.69, 9.17) is 0 Å². The molecule has 7 heteroatoms. The van der Waals surface area contributed by atoms with Crippen molar-refractivity contribution in [1.82, 2.24) is 9.29 Å². The highest BCUT2D eigenvalue weighted by molar-refractivity contribution is 9.10. The van der Waals surface area contributed by atoms with E-state index in [1.54, 1.807) is 11.2 Å². The zero-order valence-corrected chi connectivity index (χ0v) is 13.5. The van der Waals surface area contributed by atoms with Gasteiger partial charge in [0.05, 0.1) is 11.4 Å². The Labute approximate surface area is 122 Å². The summed E-state index contributed by atoms with van der Waals surface area (Å²) in [5.41, 5.74) is 0.945. The zero-order valence-electron chi connectivity index (χ0n) is 11.1. The van der Waals surface area contributed by atoms with E-state index in [9.17, 15) is 8.42 Å². The van der Waals surface area contributed by atoms with E-state index in [1.807, 2.05) is 19.1 Å². The summed E-state index contributed by atoms with van der Waals surface area (Å²) >= 11 is 3.43. The maximum atomic E-state index is 11.8. The number of hydrogen-bond donors (Lipinski definition) is 0. The van der Waals surface area contributed by atoms with E-state index in [2.05, 4.69) is 25.8 Å². The minimum atomic E-state index is -3.06. The van der Waals surface area contributed by atoms with Crippen LogP contribution in [0.15, 0.2) is 16.6 Å². The highest BCUT2D eigenvalue weighted by atomic mass is 79.9. The van der Waals surface area contributed by atoms with Gasteiger partial charge in [-0.15, -0.1) is 0 Å². The third kappa shape index (κ3) is 3.27. The normalized spacial score (nSPS) is 17.7. The molecule has 0 aromatic carbocycles. The van der Waals surface area contributed by atoms with Gasteiger partial charge in [-0.3, -0.25) is 0 Å². The van der Waals surface area contributed by atoms with Gasteiger partial charge in [-0.05, 0) is 41.9 Å². The summed E-state index contributed by atoms with van der Waals surface area (Å²) in [5.74, 6) is 1.08. The quantitative estimate of drug-likeness (QED) is 0.833. The molecule has 5 nitrogen and oxygen atoms in total. The molecule has 1 aromatic rings. The molecule has 1 aliphatic rings. The van der Waals surface area contributed by atoms with E-state index in [0.717, 1.165) is 16.0 Å². The van der Waals surface area contributed by atoms with Crippen LogP contribution in [0.2, 0.25) is 0 Å². The van der Waals surface area contributed by atoms with Gasteiger partial charge in [0.25, 0.3) is 0 Å². The van der Waals surface area contributed by atoms with E-state index in [0.29, 0.717) is 26.2 Å². The lowest BCUT2D eigenvalue weighted by Crippen LogP contribution is -2.49. The van der Waals surface area contributed by atoms with Crippen LogP contribution in [0.25, 0.3) is 0 Å². The molecule has 106 valence electrons. The van der Waals surface area contributed by atoms with Crippen molar-refractivity contribution >= 4 is 31.8 Å². The molecule has 19 heavy (non-hydrogen) atoms. The number of halogens is 1. The Kier molecular flexibility index (Phi) is 4.47. The number of sulfonamides is 1. The highest BCUT2D eigenvalue weighted by Gasteiger charge is 2.25. The number of aromatic nitrogens is 1. The lowest BCUT2D eigenvalue weighted by atomic mass is 10.3. The van der Waals surface area contributed by atoms with Gasteiger partial charge in [-0.1, -0.05) is 0 Å². The summed E-state index contributed by atoms with van der Waals surface area (Å²) in [5, 5.41) is 0. The second kappa shape index (κ2) is 5.76. The molecule has 0 unspecified atom stereocenters. The van der Waals surface area contributed by atoms with Crippen molar-refractivity contribution in [2.24, 2.45) is 0 Å². The number of piperazine rings is 1. The largest absolute Gasteiger partial charge is 0.354 e. The van der Waals surface area contributed by atoms with Crippen LogP contribution in [-0.4, -0.2) is 49.6 Å². The molecule has 0 aliphatic carbocycles. The Balaban J connectivity index is 2.06. The van der Waals surface area contributed by atoms with E-state index in [-0.39, 0.29) is 5.75 Å². The first-order valence-corrected chi connectivity index (χ1v) is 8.70. The van der Waals surface area contributed by atoms with Gasteiger partial charge >= 0.3 is 0 Å². The maximum Gasteiger partial charge on any atom is 0.213 e. The molecule has 0 N–H and O–H groups in total. The summed E-state index contributed by atoms with van der Waals surface area (Å²) < 4.78 is 26.1. The second-order valence-electron chi connectivity index (χ2n) is 4.52. The number of aryl methyl sites for hydroxylation is 1. The Morgan fingerprint density at radius 3 is 2.42 bits per heavy atom. The summed E-state index contributed by atoms with van der Waals surface area (Å²) in [6, 6.07) is 3.94. The van der Waals surface area contributed by atoms with Gasteiger partial charge in [0.1, 0.15) is 5.82 Å². The summed E-state index contributed by atoms with van der Waals surface area (Å²) in [7, 11) is -3.06. The Hall–Kier alpha value is -0.660. The summed E-state index contributed by atoms with van der Waals surface area (Å²) in [4.78, 5) is 6.64. The third-order valence-electron chi connectivity index (χ3n) is 3.33. The SMILES string of the molecule is CCS(=O)(=O)N1CCN(c2ccc(Br)c(C)n2)CC1. The van der Waals surface area contributed by atoms with Crippen molar-refractivity contribution in [1.29, 1.82) is 0 Å². The van der Waals surface area contributed by atoms with Crippen molar-refractivity contribution in [3.05, 3.63) is 22.3 Å². The number of pyridine rings is 1. The molecule has 1 saturated heterocycles. The van der Waals surface area contributed by atoms with Crippen LogP contribution >= 0.6 is 15.9 Å². The number of anilines is 1. The molecule has 0 amide bonds. The third-order valence-corrected chi connectivity index (χ3v) is 6.05. The van der Waals surface area contributed by atoms with Crippen molar-refractivity contribution < 1.29 is 8.42 Å². The molecule has 2 heterocycles. The van der Waals surface area contributed by atoms with Crippen molar-refractivity contribution in [2.75, 3.05) is 36.8 Å². The minimum Gasteiger partial charge on any atom is -0.354 e. The number of rotatable bonds is 3. The average molecular weight is 348 g/mol. The molecule has 0 spiro atoms.